The first-order valence-corrected chi connectivity index (χ1v) is 6.23. The maximum Gasteiger partial charge on any atom is 0.317 e. The van der Waals surface area contributed by atoms with E-state index in [0.717, 1.165) is 12.0 Å². The van der Waals surface area contributed by atoms with Gasteiger partial charge in [-0.3, -0.25) is 9.59 Å². The molecule has 1 fully saturated rings. The molecule has 1 aromatic rings. The van der Waals surface area contributed by atoms with E-state index in [9.17, 15) is 14.7 Å². The fourth-order valence-electron chi connectivity index (χ4n) is 2.61. The van der Waals surface area contributed by atoms with Crippen LogP contribution in [0.1, 0.15) is 35.2 Å². The van der Waals surface area contributed by atoms with Crippen LogP contribution >= 0.6 is 0 Å². The van der Waals surface area contributed by atoms with Crippen molar-refractivity contribution in [1.29, 1.82) is 0 Å². The Morgan fingerprint density at radius 2 is 1.84 bits per heavy atom. The molecule has 1 aliphatic carbocycles. The average molecular weight is 262 g/mol. The summed E-state index contributed by atoms with van der Waals surface area (Å²) in [6.07, 6.45) is 1.60. The molecule has 100 valence electrons. The Bertz CT molecular complexity index is 571. The highest BCUT2D eigenvalue weighted by Crippen LogP contribution is 2.45. The van der Waals surface area contributed by atoms with Crippen LogP contribution in [-0.2, 0) is 4.79 Å². The second kappa shape index (κ2) is 3.98. The summed E-state index contributed by atoms with van der Waals surface area (Å²) in [7, 11) is 0. The smallest absolute Gasteiger partial charge is 0.317 e. The number of carbonyl (C=O) groups excluding carboxylic acids is 1. The number of Topliss-reactive ketones (excluding diaryl/α,β-unsaturated/α-hetero) is 1. The number of aryl methyl sites for hydroxylation is 1. The van der Waals surface area contributed by atoms with E-state index in [1.54, 1.807) is 19.1 Å². The fraction of sp³-hybridized carbons (Fsp3) is 0.429. The molecule has 0 aromatic heterocycles. The summed E-state index contributed by atoms with van der Waals surface area (Å²) in [5.41, 5.74) is -0.0912. The van der Waals surface area contributed by atoms with E-state index in [0.29, 0.717) is 29.9 Å². The molecule has 0 radical (unpaired) electrons. The average Bonchev–Trinajstić information content (AvgIpc) is 2.72. The van der Waals surface area contributed by atoms with Gasteiger partial charge in [0.05, 0.1) is 0 Å². The molecule has 0 amide bonds. The van der Waals surface area contributed by atoms with Crippen LogP contribution in [0.3, 0.4) is 0 Å². The number of benzene rings is 1. The number of rotatable bonds is 3. The predicted octanol–water partition coefficient (Wildman–Crippen LogP) is 2.16. The number of ketones is 1. The third-order valence-electron chi connectivity index (χ3n) is 4.02. The molecule has 1 saturated carbocycles. The molecule has 0 spiro atoms. The molecule has 1 aliphatic heterocycles. The van der Waals surface area contributed by atoms with Crippen molar-refractivity contribution in [1.82, 2.24) is 0 Å². The second-order valence-electron chi connectivity index (χ2n) is 5.09. The molecule has 0 atom stereocenters. The maximum absolute atomic E-state index is 12.5. The lowest BCUT2D eigenvalue weighted by Gasteiger charge is -2.36. The van der Waals surface area contributed by atoms with Gasteiger partial charge in [0.15, 0.2) is 17.3 Å². The molecular formula is C14H14O5. The van der Waals surface area contributed by atoms with E-state index in [1.807, 2.05) is 0 Å². The molecular weight excluding hydrogens is 248 g/mol. The standard InChI is InChI=1S/C14H14O5/c1-8-5-10-11(19-7-18-10)6-9(8)12(15)14(13(16)17)3-2-4-14/h5-6H,2-4,7H2,1H3,(H,16,17). The highest BCUT2D eigenvalue weighted by atomic mass is 16.7. The van der Waals surface area contributed by atoms with E-state index in [2.05, 4.69) is 0 Å². The zero-order valence-electron chi connectivity index (χ0n) is 10.6. The van der Waals surface area contributed by atoms with Crippen LogP contribution in [0.15, 0.2) is 12.1 Å². The molecule has 1 aromatic carbocycles. The van der Waals surface area contributed by atoms with Gasteiger partial charge >= 0.3 is 5.97 Å². The van der Waals surface area contributed by atoms with E-state index in [4.69, 9.17) is 9.47 Å². The third-order valence-corrected chi connectivity index (χ3v) is 4.02. The number of aliphatic carboxylic acids is 1. The first-order chi connectivity index (χ1) is 9.04. The molecule has 5 nitrogen and oxygen atoms in total. The van der Waals surface area contributed by atoms with E-state index < -0.39 is 11.4 Å². The molecule has 0 bridgehead atoms. The van der Waals surface area contributed by atoms with Crippen molar-refractivity contribution >= 4 is 11.8 Å². The topological polar surface area (TPSA) is 72.8 Å². The molecule has 0 unspecified atom stereocenters. The van der Waals surface area contributed by atoms with Gasteiger partial charge in [0.25, 0.3) is 0 Å². The van der Waals surface area contributed by atoms with Gasteiger partial charge in [-0.05, 0) is 37.5 Å². The third kappa shape index (κ3) is 1.61. The number of carboxylic acid groups (broad SMARTS) is 1. The van der Waals surface area contributed by atoms with Crippen LogP contribution < -0.4 is 9.47 Å². The number of hydrogen-bond donors (Lipinski definition) is 1. The number of carbonyl (C=O) groups is 2. The highest BCUT2D eigenvalue weighted by molar-refractivity contribution is 6.13. The Labute approximate surface area is 110 Å². The van der Waals surface area contributed by atoms with Crippen molar-refractivity contribution in [2.75, 3.05) is 6.79 Å². The maximum atomic E-state index is 12.5. The van der Waals surface area contributed by atoms with Crippen LogP contribution in [0, 0.1) is 12.3 Å². The molecule has 0 saturated heterocycles. The Hall–Kier alpha value is -2.04. The van der Waals surface area contributed by atoms with Crippen molar-refractivity contribution in [3.8, 4) is 11.5 Å². The Morgan fingerprint density at radius 1 is 1.21 bits per heavy atom. The SMILES string of the molecule is Cc1cc2c(cc1C(=O)C1(C(=O)O)CCC1)OCO2. The Kier molecular flexibility index (Phi) is 2.52. The summed E-state index contributed by atoms with van der Waals surface area (Å²) in [6, 6.07) is 3.33. The van der Waals surface area contributed by atoms with Gasteiger partial charge < -0.3 is 14.6 Å². The lowest BCUT2D eigenvalue weighted by atomic mass is 9.64. The van der Waals surface area contributed by atoms with Gasteiger partial charge in [0, 0.05) is 5.56 Å². The number of hydrogen-bond acceptors (Lipinski definition) is 4. The van der Waals surface area contributed by atoms with E-state index >= 15 is 0 Å². The van der Waals surface area contributed by atoms with Gasteiger partial charge in [-0.2, -0.15) is 0 Å². The monoisotopic (exact) mass is 262 g/mol. The van der Waals surface area contributed by atoms with Gasteiger partial charge in [0.1, 0.15) is 5.41 Å². The normalized spacial score (nSPS) is 18.8. The number of ether oxygens (including phenoxy) is 2. The minimum absolute atomic E-state index is 0.135. The molecule has 3 rings (SSSR count). The van der Waals surface area contributed by atoms with Crippen LogP contribution in [0.5, 0.6) is 11.5 Å². The Morgan fingerprint density at radius 3 is 2.37 bits per heavy atom. The zero-order chi connectivity index (χ0) is 13.6. The van der Waals surface area contributed by atoms with Crippen LogP contribution in [0.4, 0.5) is 0 Å². The van der Waals surface area contributed by atoms with Crippen molar-refractivity contribution in [3.05, 3.63) is 23.3 Å². The number of carboxylic acids is 1. The molecule has 1 heterocycles. The first-order valence-electron chi connectivity index (χ1n) is 6.23. The van der Waals surface area contributed by atoms with E-state index in [-0.39, 0.29) is 12.6 Å². The largest absolute Gasteiger partial charge is 0.480 e. The van der Waals surface area contributed by atoms with Crippen molar-refractivity contribution in [2.45, 2.75) is 26.2 Å². The summed E-state index contributed by atoms with van der Waals surface area (Å²) < 4.78 is 10.5. The summed E-state index contributed by atoms with van der Waals surface area (Å²) in [4.78, 5) is 23.9. The Balaban J connectivity index is 2.03. The molecule has 2 aliphatic rings. The van der Waals surface area contributed by atoms with Crippen molar-refractivity contribution in [3.63, 3.8) is 0 Å². The zero-order valence-corrected chi connectivity index (χ0v) is 10.6. The molecule has 19 heavy (non-hydrogen) atoms. The van der Waals surface area contributed by atoms with Gasteiger partial charge in [0.2, 0.25) is 6.79 Å². The summed E-state index contributed by atoms with van der Waals surface area (Å²) in [5.74, 6) is -0.233. The summed E-state index contributed by atoms with van der Waals surface area (Å²) >= 11 is 0. The van der Waals surface area contributed by atoms with Crippen LogP contribution in [0.25, 0.3) is 0 Å². The second-order valence-corrected chi connectivity index (χ2v) is 5.09. The van der Waals surface area contributed by atoms with Crippen LogP contribution in [0.2, 0.25) is 0 Å². The minimum atomic E-state index is -1.24. The summed E-state index contributed by atoms with van der Waals surface area (Å²) in [6.45, 7) is 1.92. The van der Waals surface area contributed by atoms with Crippen molar-refractivity contribution in [2.24, 2.45) is 5.41 Å². The quantitative estimate of drug-likeness (QED) is 0.667. The highest BCUT2D eigenvalue weighted by Gasteiger charge is 2.51. The lowest BCUT2D eigenvalue weighted by Crippen LogP contribution is -2.45. The minimum Gasteiger partial charge on any atom is -0.480 e. The fourth-order valence-corrected chi connectivity index (χ4v) is 2.61. The van der Waals surface area contributed by atoms with Crippen LogP contribution in [-0.4, -0.2) is 23.7 Å². The molecule has 1 N–H and O–H groups in total. The number of fused-ring (bicyclic) bond motifs is 1. The van der Waals surface area contributed by atoms with Gasteiger partial charge in [-0.15, -0.1) is 0 Å². The van der Waals surface area contributed by atoms with E-state index in [1.165, 1.54) is 0 Å². The first kappa shape index (κ1) is 12.0. The van der Waals surface area contributed by atoms with Crippen molar-refractivity contribution < 1.29 is 24.2 Å². The molecule has 5 heteroatoms. The van der Waals surface area contributed by atoms with Gasteiger partial charge in [-0.25, -0.2) is 0 Å². The summed E-state index contributed by atoms with van der Waals surface area (Å²) in [5, 5.41) is 9.32. The van der Waals surface area contributed by atoms with Gasteiger partial charge in [-0.1, -0.05) is 6.42 Å². The lowest BCUT2D eigenvalue weighted by molar-refractivity contribution is -0.150. The predicted molar refractivity (Wildman–Crippen MR) is 65.6 cm³/mol.